The average molecular weight is 366 g/mol. The number of imidazole rings is 1. The summed E-state index contributed by atoms with van der Waals surface area (Å²) in [4.78, 5) is 23.0. The van der Waals surface area contributed by atoms with Crippen LogP contribution in [0.1, 0.15) is 41.5 Å². The SMILES string of the molecule is CCCn1ccnc1CCCN(C)C(=O)c1ccc(-n2cncn2)cc1C. The van der Waals surface area contributed by atoms with Gasteiger partial charge in [0.25, 0.3) is 5.91 Å². The Morgan fingerprint density at radius 3 is 2.85 bits per heavy atom. The summed E-state index contributed by atoms with van der Waals surface area (Å²) in [6.45, 7) is 5.79. The molecule has 0 aliphatic carbocycles. The lowest BCUT2D eigenvalue weighted by atomic mass is 10.1. The van der Waals surface area contributed by atoms with Crippen LogP contribution in [0.15, 0.2) is 43.2 Å². The van der Waals surface area contributed by atoms with E-state index in [-0.39, 0.29) is 5.91 Å². The summed E-state index contributed by atoms with van der Waals surface area (Å²) >= 11 is 0. The number of hydrogen-bond acceptors (Lipinski definition) is 4. The van der Waals surface area contributed by atoms with Crippen LogP contribution < -0.4 is 0 Å². The van der Waals surface area contributed by atoms with Crippen LogP contribution in [0.5, 0.6) is 0 Å². The fourth-order valence-electron chi connectivity index (χ4n) is 3.17. The molecule has 1 aromatic carbocycles. The van der Waals surface area contributed by atoms with Gasteiger partial charge in [0.15, 0.2) is 0 Å². The number of rotatable bonds is 8. The molecule has 0 aliphatic heterocycles. The number of carbonyl (C=O) groups excluding carboxylic acids is 1. The van der Waals surface area contributed by atoms with Crippen LogP contribution in [0.3, 0.4) is 0 Å². The van der Waals surface area contributed by atoms with E-state index in [1.54, 1.807) is 15.9 Å². The summed E-state index contributed by atoms with van der Waals surface area (Å²) in [5.74, 6) is 1.13. The molecule has 2 aromatic heterocycles. The van der Waals surface area contributed by atoms with Crippen LogP contribution in [-0.2, 0) is 13.0 Å². The zero-order valence-corrected chi connectivity index (χ0v) is 16.2. The van der Waals surface area contributed by atoms with Crippen molar-refractivity contribution in [2.24, 2.45) is 0 Å². The van der Waals surface area contributed by atoms with Crippen LogP contribution in [0.4, 0.5) is 0 Å². The molecule has 0 fully saturated rings. The Morgan fingerprint density at radius 1 is 1.30 bits per heavy atom. The molecule has 7 heteroatoms. The molecule has 2 heterocycles. The number of aryl methyl sites for hydroxylation is 3. The molecule has 0 spiro atoms. The molecule has 7 nitrogen and oxygen atoms in total. The van der Waals surface area contributed by atoms with Crippen molar-refractivity contribution in [3.05, 3.63) is 60.2 Å². The van der Waals surface area contributed by atoms with Crippen molar-refractivity contribution in [1.82, 2.24) is 29.2 Å². The van der Waals surface area contributed by atoms with Crippen molar-refractivity contribution in [1.29, 1.82) is 0 Å². The molecular weight excluding hydrogens is 340 g/mol. The highest BCUT2D eigenvalue weighted by Crippen LogP contribution is 2.16. The Morgan fingerprint density at radius 2 is 2.15 bits per heavy atom. The minimum Gasteiger partial charge on any atom is -0.342 e. The third kappa shape index (κ3) is 4.42. The number of carbonyl (C=O) groups is 1. The summed E-state index contributed by atoms with van der Waals surface area (Å²) in [5, 5.41) is 4.12. The van der Waals surface area contributed by atoms with E-state index in [2.05, 4.69) is 26.6 Å². The van der Waals surface area contributed by atoms with Gasteiger partial charge in [-0.3, -0.25) is 4.79 Å². The first-order valence-corrected chi connectivity index (χ1v) is 9.31. The second kappa shape index (κ2) is 8.62. The van der Waals surface area contributed by atoms with Crippen molar-refractivity contribution in [3.63, 3.8) is 0 Å². The van der Waals surface area contributed by atoms with Crippen molar-refractivity contribution in [2.75, 3.05) is 13.6 Å². The normalized spacial score (nSPS) is 10.9. The number of aromatic nitrogens is 5. The van der Waals surface area contributed by atoms with Crippen molar-refractivity contribution < 1.29 is 4.79 Å². The van der Waals surface area contributed by atoms with E-state index >= 15 is 0 Å². The third-order valence-corrected chi connectivity index (χ3v) is 4.63. The summed E-state index contributed by atoms with van der Waals surface area (Å²) in [6, 6.07) is 5.71. The monoisotopic (exact) mass is 366 g/mol. The lowest BCUT2D eigenvalue weighted by Gasteiger charge is -2.19. The van der Waals surface area contributed by atoms with E-state index in [1.165, 1.54) is 6.33 Å². The average Bonchev–Trinajstić information content (AvgIpc) is 3.34. The van der Waals surface area contributed by atoms with Crippen molar-refractivity contribution >= 4 is 5.91 Å². The van der Waals surface area contributed by atoms with Gasteiger partial charge in [0, 0.05) is 44.5 Å². The quantitative estimate of drug-likeness (QED) is 0.615. The Kier molecular flexibility index (Phi) is 6.01. The molecule has 0 unspecified atom stereocenters. The molecule has 3 rings (SSSR count). The smallest absolute Gasteiger partial charge is 0.253 e. The molecule has 0 N–H and O–H groups in total. The van der Waals surface area contributed by atoms with Gasteiger partial charge < -0.3 is 9.47 Å². The molecule has 3 aromatic rings. The maximum atomic E-state index is 12.8. The Balaban J connectivity index is 1.59. The number of nitrogens with zero attached hydrogens (tertiary/aromatic N) is 6. The van der Waals surface area contributed by atoms with Gasteiger partial charge >= 0.3 is 0 Å². The number of amides is 1. The zero-order chi connectivity index (χ0) is 19.2. The first-order chi connectivity index (χ1) is 13.1. The van der Waals surface area contributed by atoms with E-state index in [9.17, 15) is 4.79 Å². The second-order valence-electron chi connectivity index (χ2n) is 6.71. The molecule has 27 heavy (non-hydrogen) atoms. The van der Waals surface area contributed by atoms with E-state index in [1.807, 2.05) is 44.6 Å². The van der Waals surface area contributed by atoms with Gasteiger partial charge in [-0.2, -0.15) is 5.10 Å². The van der Waals surface area contributed by atoms with Crippen LogP contribution >= 0.6 is 0 Å². The van der Waals surface area contributed by atoms with E-state index in [0.29, 0.717) is 12.1 Å². The highest BCUT2D eigenvalue weighted by Gasteiger charge is 2.15. The molecule has 142 valence electrons. The molecule has 0 saturated carbocycles. The van der Waals surface area contributed by atoms with E-state index in [0.717, 1.165) is 42.9 Å². The van der Waals surface area contributed by atoms with Gasteiger partial charge in [-0.25, -0.2) is 14.6 Å². The number of hydrogen-bond donors (Lipinski definition) is 0. The Bertz CT molecular complexity index is 884. The maximum absolute atomic E-state index is 12.8. The van der Waals surface area contributed by atoms with Gasteiger partial charge in [-0.1, -0.05) is 6.92 Å². The maximum Gasteiger partial charge on any atom is 0.253 e. The molecule has 1 amide bonds. The summed E-state index contributed by atoms with van der Waals surface area (Å²) in [7, 11) is 1.85. The first kappa shape index (κ1) is 18.8. The van der Waals surface area contributed by atoms with Gasteiger partial charge in [-0.15, -0.1) is 0 Å². The fourth-order valence-corrected chi connectivity index (χ4v) is 3.17. The van der Waals surface area contributed by atoms with E-state index in [4.69, 9.17) is 0 Å². The van der Waals surface area contributed by atoms with Crippen molar-refractivity contribution in [2.45, 2.75) is 39.7 Å². The van der Waals surface area contributed by atoms with Crippen LogP contribution in [-0.4, -0.2) is 48.7 Å². The molecule has 0 aliphatic rings. The summed E-state index contributed by atoms with van der Waals surface area (Å²) in [5.41, 5.74) is 2.54. The van der Waals surface area contributed by atoms with Gasteiger partial charge in [0.1, 0.15) is 18.5 Å². The topological polar surface area (TPSA) is 68.8 Å². The zero-order valence-electron chi connectivity index (χ0n) is 16.2. The summed E-state index contributed by atoms with van der Waals surface area (Å²) in [6.07, 6.45) is 9.85. The lowest BCUT2D eigenvalue weighted by molar-refractivity contribution is 0.0792. The molecule has 0 atom stereocenters. The predicted octanol–water partition coefficient (Wildman–Crippen LogP) is 2.89. The minimum absolute atomic E-state index is 0.0366. The largest absolute Gasteiger partial charge is 0.342 e. The van der Waals surface area contributed by atoms with Crippen LogP contribution in [0.25, 0.3) is 5.69 Å². The second-order valence-corrected chi connectivity index (χ2v) is 6.71. The van der Waals surface area contributed by atoms with Crippen LogP contribution in [0.2, 0.25) is 0 Å². The van der Waals surface area contributed by atoms with Gasteiger partial charge in [0.2, 0.25) is 0 Å². The molecule has 0 radical (unpaired) electrons. The molecular formula is C20H26N6O. The fraction of sp³-hybridized carbons (Fsp3) is 0.400. The predicted molar refractivity (Wildman–Crippen MR) is 104 cm³/mol. The highest BCUT2D eigenvalue weighted by atomic mass is 16.2. The van der Waals surface area contributed by atoms with E-state index < -0.39 is 0 Å². The molecule has 0 bridgehead atoms. The van der Waals surface area contributed by atoms with Gasteiger partial charge in [0.05, 0.1) is 5.69 Å². The number of benzene rings is 1. The standard InChI is InChI=1S/C20H26N6O/c1-4-10-25-12-9-22-19(25)6-5-11-24(3)20(27)18-8-7-17(13-16(18)2)26-15-21-14-23-26/h7-9,12-15H,4-6,10-11H2,1-3H3. The third-order valence-electron chi connectivity index (χ3n) is 4.63. The van der Waals surface area contributed by atoms with Crippen LogP contribution in [0, 0.1) is 6.92 Å². The Hall–Kier alpha value is -2.96. The Labute approximate surface area is 159 Å². The lowest BCUT2D eigenvalue weighted by Crippen LogP contribution is -2.28. The highest BCUT2D eigenvalue weighted by molar-refractivity contribution is 5.95. The van der Waals surface area contributed by atoms with Gasteiger partial charge in [-0.05, 0) is 43.5 Å². The first-order valence-electron chi connectivity index (χ1n) is 9.31. The minimum atomic E-state index is 0.0366. The summed E-state index contributed by atoms with van der Waals surface area (Å²) < 4.78 is 3.87. The molecule has 0 saturated heterocycles. The van der Waals surface area contributed by atoms with Crippen molar-refractivity contribution in [3.8, 4) is 5.69 Å².